The standard InChI is InChI=1S/C14H21NO/c1-4-9-15-11-12(2)10-13-7-5-6-8-14(13)16-3/h5-8,10,15H,4,9,11H2,1-3H3. The lowest BCUT2D eigenvalue weighted by molar-refractivity contribution is 0.414. The molecule has 1 N–H and O–H groups in total. The maximum Gasteiger partial charge on any atom is 0.126 e. The molecule has 0 aliphatic heterocycles. The Bertz CT molecular complexity index is 344. The Morgan fingerprint density at radius 1 is 1.38 bits per heavy atom. The summed E-state index contributed by atoms with van der Waals surface area (Å²) < 4.78 is 5.31. The number of para-hydroxylation sites is 1. The Balaban J connectivity index is 2.65. The molecule has 1 aromatic carbocycles. The average Bonchev–Trinajstić information content (AvgIpc) is 2.30. The normalized spacial score (nSPS) is 11.6. The van der Waals surface area contributed by atoms with E-state index in [2.05, 4.69) is 31.3 Å². The second-order valence-corrected chi connectivity index (χ2v) is 3.91. The van der Waals surface area contributed by atoms with E-state index in [1.807, 2.05) is 18.2 Å². The van der Waals surface area contributed by atoms with Crippen LogP contribution in [0.1, 0.15) is 25.8 Å². The number of hydrogen-bond acceptors (Lipinski definition) is 2. The van der Waals surface area contributed by atoms with Gasteiger partial charge in [-0.2, -0.15) is 0 Å². The highest BCUT2D eigenvalue weighted by Crippen LogP contribution is 2.19. The van der Waals surface area contributed by atoms with E-state index < -0.39 is 0 Å². The molecule has 0 unspecified atom stereocenters. The molecule has 0 heterocycles. The van der Waals surface area contributed by atoms with Crippen LogP contribution in [-0.2, 0) is 0 Å². The van der Waals surface area contributed by atoms with Gasteiger partial charge in [-0.05, 0) is 26.0 Å². The fourth-order valence-corrected chi connectivity index (χ4v) is 1.56. The molecule has 0 aliphatic carbocycles. The van der Waals surface area contributed by atoms with Crippen molar-refractivity contribution >= 4 is 6.08 Å². The largest absolute Gasteiger partial charge is 0.496 e. The van der Waals surface area contributed by atoms with Crippen LogP contribution in [-0.4, -0.2) is 20.2 Å². The monoisotopic (exact) mass is 219 g/mol. The zero-order chi connectivity index (χ0) is 11.8. The SMILES string of the molecule is CCCNCC(C)=Cc1ccccc1OC. The molecule has 88 valence electrons. The first kappa shape index (κ1) is 12.8. The Morgan fingerprint density at radius 3 is 2.81 bits per heavy atom. The third kappa shape index (κ3) is 4.07. The predicted octanol–water partition coefficient (Wildman–Crippen LogP) is 3.10. The van der Waals surface area contributed by atoms with Crippen LogP contribution in [0.3, 0.4) is 0 Å². The van der Waals surface area contributed by atoms with E-state index in [1.54, 1.807) is 7.11 Å². The number of ether oxygens (including phenoxy) is 1. The van der Waals surface area contributed by atoms with Gasteiger partial charge in [0.2, 0.25) is 0 Å². The lowest BCUT2D eigenvalue weighted by atomic mass is 10.1. The molecule has 0 bridgehead atoms. The fraction of sp³-hybridized carbons (Fsp3) is 0.429. The summed E-state index contributed by atoms with van der Waals surface area (Å²) >= 11 is 0. The smallest absolute Gasteiger partial charge is 0.126 e. The van der Waals surface area contributed by atoms with Gasteiger partial charge in [0.15, 0.2) is 0 Å². The van der Waals surface area contributed by atoms with Crippen LogP contribution in [0.4, 0.5) is 0 Å². The van der Waals surface area contributed by atoms with E-state index in [0.717, 1.165) is 24.4 Å². The Morgan fingerprint density at radius 2 is 2.12 bits per heavy atom. The molecule has 1 aromatic rings. The first-order valence-corrected chi connectivity index (χ1v) is 5.78. The van der Waals surface area contributed by atoms with Gasteiger partial charge in [-0.1, -0.05) is 36.8 Å². The van der Waals surface area contributed by atoms with Crippen LogP contribution in [0.2, 0.25) is 0 Å². The molecule has 0 aromatic heterocycles. The fourth-order valence-electron chi connectivity index (χ4n) is 1.56. The van der Waals surface area contributed by atoms with E-state index in [-0.39, 0.29) is 0 Å². The van der Waals surface area contributed by atoms with Crippen LogP contribution in [0.25, 0.3) is 6.08 Å². The third-order valence-corrected chi connectivity index (χ3v) is 2.37. The van der Waals surface area contributed by atoms with Crippen LogP contribution < -0.4 is 10.1 Å². The molecule has 0 spiro atoms. The van der Waals surface area contributed by atoms with E-state index in [9.17, 15) is 0 Å². The van der Waals surface area contributed by atoms with Crippen molar-refractivity contribution in [3.63, 3.8) is 0 Å². The molecule has 0 aliphatic rings. The topological polar surface area (TPSA) is 21.3 Å². The second kappa shape index (κ2) is 7.07. The van der Waals surface area contributed by atoms with E-state index in [1.165, 1.54) is 12.0 Å². The highest BCUT2D eigenvalue weighted by atomic mass is 16.5. The molecule has 1 rings (SSSR count). The molecule has 0 amide bonds. The van der Waals surface area contributed by atoms with Crippen molar-refractivity contribution in [2.24, 2.45) is 0 Å². The van der Waals surface area contributed by atoms with Gasteiger partial charge >= 0.3 is 0 Å². The molecule has 2 heteroatoms. The van der Waals surface area contributed by atoms with Crippen molar-refractivity contribution in [2.75, 3.05) is 20.2 Å². The van der Waals surface area contributed by atoms with Gasteiger partial charge in [-0.3, -0.25) is 0 Å². The maximum atomic E-state index is 5.31. The zero-order valence-electron chi connectivity index (χ0n) is 10.4. The van der Waals surface area contributed by atoms with Crippen LogP contribution in [0.5, 0.6) is 5.75 Å². The molecule has 0 fully saturated rings. The van der Waals surface area contributed by atoms with Gasteiger partial charge in [-0.15, -0.1) is 0 Å². The second-order valence-electron chi connectivity index (χ2n) is 3.91. The Labute approximate surface area is 98.3 Å². The van der Waals surface area contributed by atoms with Crippen LogP contribution >= 0.6 is 0 Å². The van der Waals surface area contributed by atoms with Gasteiger partial charge < -0.3 is 10.1 Å². The first-order valence-electron chi connectivity index (χ1n) is 5.78. The van der Waals surface area contributed by atoms with Gasteiger partial charge in [0, 0.05) is 12.1 Å². The molecular weight excluding hydrogens is 198 g/mol. The number of nitrogens with one attached hydrogen (secondary N) is 1. The minimum atomic E-state index is 0.928. The van der Waals surface area contributed by atoms with Crippen LogP contribution in [0.15, 0.2) is 29.8 Å². The molecule has 0 radical (unpaired) electrons. The summed E-state index contributed by atoms with van der Waals surface area (Å²) in [6, 6.07) is 8.07. The number of benzene rings is 1. The molecule has 16 heavy (non-hydrogen) atoms. The third-order valence-electron chi connectivity index (χ3n) is 2.37. The number of rotatable bonds is 6. The van der Waals surface area contributed by atoms with Crippen LogP contribution in [0, 0.1) is 0 Å². The van der Waals surface area contributed by atoms with Crippen molar-refractivity contribution in [1.29, 1.82) is 0 Å². The maximum absolute atomic E-state index is 5.31. The number of hydrogen-bond donors (Lipinski definition) is 1. The summed E-state index contributed by atoms with van der Waals surface area (Å²) in [4.78, 5) is 0. The Kier molecular flexibility index (Phi) is 5.65. The van der Waals surface area contributed by atoms with Gasteiger partial charge in [0.1, 0.15) is 5.75 Å². The minimum Gasteiger partial charge on any atom is -0.496 e. The van der Waals surface area contributed by atoms with E-state index >= 15 is 0 Å². The van der Waals surface area contributed by atoms with Gasteiger partial charge in [0.05, 0.1) is 7.11 Å². The lowest BCUT2D eigenvalue weighted by Crippen LogP contribution is -2.16. The minimum absolute atomic E-state index is 0.928. The summed E-state index contributed by atoms with van der Waals surface area (Å²) in [5.74, 6) is 0.928. The molecule has 0 atom stereocenters. The highest BCUT2D eigenvalue weighted by molar-refractivity contribution is 5.59. The molecule has 0 saturated heterocycles. The van der Waals surface area contributed by atoms with E-state index in [4.69, 9.17) is 4.74 Å². The van der Waals surface area contributed by atoms with Crippen molar-refractivity contribution < 1.29 is 4.74 Å². The van der Waals surface area contributed by atoms with Crippen molar-refractivity contribution in [3.8, 4) is 5.75 Å². The first-order chi connectivity index (χ1) is 7.77. The quantitative estimate of drug-likeness (QED) is 0.742. The molecule has 2 nitrogen and oxygen atoms in total. The van der Waals surface area contributed by atoms with Gasteiger partial charge in [-0.25, -0.2) is 0 Å². The summed E-state index contributed by atoms with van der Waals surface area (Å²) in [6.07, 6.45) is 3.34. The van der Waals surface area contributed by atoms with E-state index in [0.29, 0.717) is 0 Å². The Hall–Kier alpha value is -1.28. The number of methoxy groups -OCH3 is 1. The summed E-state index contributed by atoms with van der Waals surface area (Å²) in [5.41, 5.74) is 2.46. The van der Waals surface area contributed by atoms with Gasteiger partial charge in [0.25, 0.3) is 0 Å². The molecule has 0 saturated carbocycles. The summed E-state index contributed by atoms with van der Waals surface area (Å²) in [6.45, 7) is 6.31. The predicted molar refractivity (Wildman–Crippen MR) is 69.8 cm³/mol. The average molecular weight is 219 g/mol. The summed E-state index contributed by atoms with van der Waals surface area (Å²) in [5, 5.41) is 3.38. The zero-order valence-corrected chi connectivity index (χ0v) is 10.4. The lowest BCUT2D eigenvalue weighted by Gasteiger charge is -2.06. The van der Waals surface area contributed by atoms with Crippen molar-refractivity contribution in [1.82, 2.24) is 5.32 Å². The molecular formula is C14H21NO. The summed E-state index contributed by atoms with van der Waals surface area (Å²) in [7, 11) is 1.71. The van der Waals surface area contributed by atoms with Crippen molar-refractivity contribution in [2.45, 2.75) is 20.3 Å². The highest BCUT2D eigenvalue weighted by Gasteiger charge is 1.98. The van der Waals surface area contributed by atoms with Crippen molar-refractivity contribution in [3.05, 3.63) is 35.4 Å².